The minimum absolute atomic E-state index is 0.283. The van der Waals surface area contributed by atoms with Gasteiger partial charge in [-0.05, 0) is 0 Å². The van der Waals surface area contributed by atoms with Crippen molar-refractivity contribution in [1.82, 2.24) is 9.13 Å². The van der Waals surface area contributed by atoms with Crippen LogP contribution in [0.4, 0.5) is 0 Å². The van der Waals surface area contributed by atoms with Gasteiger partial charge in [0.25, 0.3) is 5.56 Å². The molecule has 6 nitrogen and oxygen atoms in total. The van der Waals surface area contributed by atoms with E-state index in [0.717, 1.165) is 4.57 Å². The lowest BCUT2D eigenvalue weighted by molar-refractivity contribution is -0.111. The normalized spacial score (nSPS) is 10.8. The van der Waals surface area contributed by atoms with Crippen LogP contribution < -0.4 is 11.2 Å². The molecule has 0 radical (unpaired) electrons. The molecule has 0 fully saturated rings. The Hall–Kier alpha value is -1.66. The van der Waals surface area contributed by atoms with E-state index in [9.17, 15) is 9.59 Å². The van der Waals surface area contributed by atoms with Gasteiger partial charge in [-0.3, -0.25) is 13.9 Å². The van der Waals surface area contributed by atoms with Crippen LogP contribution in [0.25, 0.3) is 0 Å². The Morgan fingerprint density at radius 3 is 2.47 bits per heavy atom. The minimum Gasteiger partial charge on any atom is -0.350 e. The highest BCUT2D eigenvalue weighted by atomic mass is 16.7. The zero-order valence-corrected chi connectivity index (χ0v) is 10.2. The monoisotopic (exact) mass is 240 g/mol. The smallest absolute Gasteiger partial charge is 0.331 e. The number of aromatic nitrogens is 2. The maximum atomic E-state index is 11.9. The molecule has 17 heavy (non-hydrogen) atoms. The zero-order valence-electron chi connectivity index (χ0n) is 10.2. The molecule has 0 N–H and O–H groups in total. The Morgan fingerprint density at radius 2 is 2.00 bits per heavy atom. The Morgan fingerprint density at radius 1 is 1.41 bits per heavy atom. The van der Waals surface area contributed by atoms with Crippen molar-refractivity contribution >= 4 is 0 Å². The van der Waals surface area contributed by atoms with Gasteiger partial charge in [-0.2, -0.15) is 0 Å². The molecule has 0 aliphatic heterocycles. The molecule has 1 rings (SSSR count). The van der Waals surface area contributed by atoms with Crippen molar-refractivity contribution in [2.45, 2.75) is 12.8 Å². The molecule has 0 aliphatic rings. The van der Waals surface area contributed by atoms with Gasteiger partial charge in [0.05, 0.1) is 5.69 Å². The summed E-state index contributed by atoms with van der Waals surface area (Å²) in [7, 11) is 4.30. The van der Waals surface area contributed by atoms with Crippen LogP contribution in [-0.4, -0.2) is 23.4 Å². The fourth-order valence-corrected chi connectivity index (χ4v) is 1.53. The molecule has 94 valence electrons. The van der Waals surface area contributed by atoms with Crippen LogP contribution in [0.5, 0.6) is 0 Å². The standard InChI is InChI=1S/C11H16N2O4/c1-5-6-13-8(10(16-3)17-4)7-9(14)12(2)11(13)15/h5,7,10H,1,6H2,2-4H3. The van der Waals surface area contributed by atoms with Crippen molar-refractivity contribution in [2.24, 2.45) is 7.05 Å². The average Bonchev–Trinajstić information content (AvgIpc) is 2.32. The number of hydrogen-bond acceptors (Lipinski definition) is 4. The van der Waals surface area contributed by atoms with E-state index in [1.807, 2.05) is 0 Å². The van der Waals surface area contributed by atoms with Gasteiger partial charge in [0.1, 0.15) is 0 Å². The summed E-state index contributed by atoms with van der Waals surface area (Å²) in [6.45, 7) is 3.86. The van der Waals surface area contributed by atoms with E-state index in [0.29, 0.717) is 5.69 Å². The average molecular weight is 240 g/mol. The SMILES string of the molecule is C=CCn1c(C(OC)OC)cc(=O)n(C)c1=O. The molecule has 0 amide bonds. The lowest BCUT2D eigenvalue weighted by Gasteiger charge is -2.18. The highest BCUT2D eigenvalue weighted by Crippen LogP contribution is 2.13. The van der Waals surface area contributed by atoms with Crippen LogP contribution in [0.2, 0.25) is 0 Å². The van der Waals surface area contributed by atoms with Gasteiger partial charge >= 0.3 is 5.69 Å². The first-order valence-electron chi connectivity index (χ1n) is 5.04. The predicted octanol–water partition coefficient (Wildman–Crippen LogP) is 0.0244. The summed E-state index contributed by atoms with van der Waals surface area (Å²) in [5.74, 6) is 0. The summed E-state index contributed by atoms with van der Waals surface area (Å²) in [6, 6.07) is 1.32. The molecule has 0 spiro atoms. The van der Waals surface area contributed by atoms with Crippen LogP contribution in [0.1, 0.15) is 12.0 Å². The third-order valence-electron chi connectivity index (χ3n) is 2.41. The fourth-order valence-electron chi connectivity index (χ4n) is 1.53. The van der Waals surface area contributed by atoms with Crippen LogP contribution in [0, 0.1) is 0 Å². The number of rotatable bonds is 5. The number of methoxy groups -OCH3 is 2. The van der Waals surface area contributed by atoms with Gasteiger partial charge in [0.2, 0.25) is 0 Å². The molecule has 1 aromatic rings. The van der Waals surface area contributed by atoms with Gasteiger partial charge in [-0.1, -0.05) is 6.08 Å². The molecule has 0 aromatic carbocycles. The van der Waals surface area contributed by atoms with Crippen molar-refractivity contribution in [3.05, 3.63) is 45.3 Å². The van der Waals surface area contributed by atoms with Gasteiger partial charge in [0.15, 0.2) is 6.29 Å². The third-order valence-corrected chi connectivity index (χ3v) is 2.41. The van der Waals surface area contributed by atoms with Gasteiger partial charge in [0, 0.05) is 33.9 Å². The van der Waals surface area contributed by atoms with Gasteiger partial charge in [-0.15, -0.1) is 6.58 Å². The van der Waals surface area contributed by atoms with Crippen molar-refractivity contribution < 1.29 is 9.47 Å². The molecular formula is C11H16N2O4. The molecule has 0 saturated heterocycles. The third kappa shape index (κ3) is 2.54. The summed E-state index contributed by atoms with van der Waals surface area (Å²) in [5, 5.41) is 0. The number of ether oxygens (including phenoxy) is 2. The van der Waals surface area contributed by atoms with E-state index in [4.69, 9.17) is 9.47 Å². The Kier molecular flexibility index (Phi) is 4.42. The van der Waals surface area contributed by atoms with Gasteiger partial charge in [-0.25, -0.2) is 4.79 Å². The molecule has 0 atom stereocenters. The molecule has 6 heteroatoms. The molecule has 1 heterocycles. The second-order valence-electron chi connectivity index (χ2n) is 3.45. The summed E-state index contributed by atoms with van der Waals surface area (Å²) in [4.78, 5) is 23.5. The first kappa shape index (κ1) is 13.4. The molecule has 0 bridgehead atoms. The molecule has 1 aromatic heterocycles. The van der Waals surface area contributed by atoms with Crippen molar-refractivity contribution in [3.8, 4) is 0 Å². The minimum atomic E-state index is -0.753. The lowest BCUT2D eigenvalue weighted by atomic mass is 10.3. The lowest BCUT2D eigenvalue weighted by Crippen LogP contribution is -2.40. The van der Waals surface area contributed by atoms with E-state index in [1.54, 1.807) is 6.08 Å². The number of allylic oxidation sites excluding steroid dienone is 1. The van der Waals surface area contributed by atoms with Crippen LogP contribution in [-0.2, 0) is 23.1 Å². The summed E-state index contributed by atoms with van der Waals surface area (Å²) >= 11 is 0. The highest BCUT2D eigenvalue weighted by Gasteiger charge is 2.17. The Bertz CT molecular complexity index is 511. The van der Waals surface area contributed by atoms with Crippen LogP contribution in [0.3, 0.4) is 0 Å². The summed E-state index contributed by atoms with van der Waals surface area (Å²) in [6.07, 6.45) is 0.814. The second-order valence-corrected chi connectivity index (χ2v) is 3.45. The number of hydrogen-bond donors (Lipinski definition) is 0. The van der Waals surface area contributed by atoms with Crippen molar-refractivity contribution in [2.75, 3.05) is 14.2 Å². The maximum Gasteiger partial charge on any atom is 0.331 e. The molecule has 0 unspecified atom stereocenters. The van der Waals surface area contributed by atoms with Crippen molar-refractivity contribution in [1.29, 1.82) is 0 Å². The topological polar surface area (TPSA) is 62.5 Å². The van der Waals surface area contributed by atoms with Crippen LogP contribution in [0.15, 0.2) is 28.3 Å². The predicted molar refractivity (Wildman–Crippen MR) is 62.9 cm³/mol. The molecule has 0 aliphatic carbocycles. The van der Waals surface area contributed by atoms with Crippen molar-refractivity contribution in [3.63, 3.8) is 0 Å². The van der Waals surface area contributed by atoms with E-state index >= 15 is 0 Å². The second kappa shape index (κ2) is 5.60. The van der Waals surface area contributed by atoms with E-state index in [-0.39, 0.29) is 6.54 Å². The fraction of sp³-hybridized carbons (Fsp3) is 0.455. The summed E-state index contributed by atoms with van der Waals surface area (Å²) < 4.78 is 12.5. The van der Waals surface area contributed by atoms with Gasteiger partial charge < -0.3 is 9.47 Å². The van der Waals surface area contributed by atoms with E-state index in [1.165, 1.54) is 31.9 Å². The van der Waals surface area contributed by atoms with E-state index in [2.05, 4.69) is 6.58 Å². The Labute approximate surface area is 98.7 Å². The van der Waals surface area contributed by atoms with E-state index < -0.39 is 17.5 Å². The molecule has 0 saturated carbocycles. The van der Waals surface area contributed by atoms with Crippen LogP contribution >= 0.6 is 0 Å². The quantitative estimate of drug-likeness (QED) is 0.538. The Balaban J connectivity index is 3.52. The zero-order chi connectivity index (χ0) is 13.0. The first-order chi connectivity index (χ1) is 8.06. The summed E-state index contributed by atoms with van der Waals surface area (Å²) in [5.41, 5.74) is -0.445. The number of nitrogens with zero attached hydrogens (tertiary/aromatic N) is 2. The molecular weight excluding hydrogens is 224 g/mol. The largest absolute Gasteiger partial charge is 0.350 e. The highest BCUT2D eigenvalue weighted by molar-refractivity contribution is 5.05. The maximum absolute atomic E-state index is 11.9. The first-order valence-corrected chi connectivity index (χ1v) is 5.04.